The Morgan fingerprint density at radius 2 is 2.26 bits per heavy atom. The molecule has 1 aliphatic carbocycles. The lowest BCUT2D eigenvalue weighted by molar-refractivity contribution is 0.107. The summed E-state index contributed by atoms with van der Waals surface area (Å²) in [4.78, 5) is 2.03. The Morgan fingerprint density at radius 3 is 2.79 bits per heavy atom. The minimum Gasteiger partial charge on any atom is -0.381 e. The SMILES string of the molecule is COC1CCC(NS(=O)(=O)c2cc(CN)sc2C)C1. The Bertz CT molecular complexity index is 539. The topological polar surface area (TPSA) is 81.4 Å². The predicted octanol–water partition coefficient (Wildman–Crippen LogP) is 1.36. The molecule has 2 rings (SSSR count). The molecule has 0 amide bonds. The molecule has 7 heteroatoms. The fraction of sp³-hybridized carbons (Fsp3) is 0.667. The first-order valence-electron chi connectivity index (χ1n) is 6.30. The van der Waals surface area contributed by atoms with Gasteiger partial charge in [-0.3, -0.25) is 0 Å². The maximum absolute atomic E-state index is 12.3. The van der Waals surface area contributed by atoms with Crippen LogP contribution in [0.15, 0.2) is 11.0 Å². The van der Waals surface area contributed by atoms with Crippen molar-refractivity contribution < 1.29 is 13.2 Å². The number of aryl methyl sites for hydroxylation is 1. The van der Waals surface area contributed by atoms with Gasteiger partial charge in [0, 0.05) is 29.5 Å². The summed E-state index contributed by atoms with van der Waals surface area (Å²) in [7, 11) is -1.78. The molecule has 1 heterocycles. The summed E-state index contributed by atoms with van der Waals surface area (Å²) in [5.74, 6) is 0. The summed E-state index contributed by atoms with van der Waals surface area (Å²) in [6.07, 6.45) is 2.63. The molecule has 2 unspecified atom stereocenters. The Morgan fingerprint density at radius 1 is 1.53 bits per heavy atom. The van der Waals surface area contributed by atoms with E-state index in [1.165, 1.54) is 11.3 Å². The number of nitrogens with one attached hydrogen (secondary N) is 1. The molecule has 1 fully saturated rings. The summed E-state index contributed by atoms with van der Waals surface area (Å²) >= 11 is 1.44. The molecule has 1 saturated carbocycles. The van der Waals surface area contributed by atoms with Gasteiger partial charge >= 0.3 is 0 Å². The molecule has 1 aliphatic rings. The highest BCUT2D eigenvalue weighted by Crippen LogP contribution is 2.28. The third-order valence-electron chi connectivity index (χ3n) is 3.45. The van der Waals surface area contributed by atoms with Crippen LogP contribution in [0.5, 0.6) is 0 Å². The van der Waals surface area contributed by atoms with Gasteiger partial charge in [0.2, 0.25) is 10.0 Å². The van der Waals surface area contributed by atoms with E-state index in [0.29, 0.717) is 11.4 Å². The van der Waals surface area contributed by atoms with Gasteiger partial charge in [-0.25, -0.2) is 13.1 Å². The molecule has 3 N–H and O–H groups in total. The lowest BCUT2D eigenvalue weighted by Gasteiger charge is -2.13. The average Bonchev–Trinajstić information content (AvgIpc) is 2.95. The van der Waals surface area contributed by atoms with Crippen molar-refractivity contribution in [3.8, 4) is 0 Å². The van der Waals surface area contributed by atoms with Crippen LogP contribution in [-0.2, 0) is 21.3 Å². The molecule has 2 atom stereocenters. The number of nitrogens with two attached hydrogens (primary N) is 1. The predicted molar refractivity (Wildman–Crippen MR) is 75.7 cm³/mol. The van der Waals surface area contributed by atoms with Gasteiger partial charge in [0.1, 0.15) is 0 Å². The third kappa shape index (κ3) is 3.35. The van der Waals surface area contributed by atoms with Crippen LogP contribution in [0, 0.1) is 6.92 Å². The largest absolute Gasteiger partial charge is 0.381 e. The summed E-state index contributed by atoms with van der Waals surface area (Å²) in [6.45, 7) is 2.18. The maximum Gasteiger partial charge on any atom is 0.241 e. The van der Waals surface area contributed by atoms with E-state index >= 15 is 0 Å². The average molecular weight is 304 g/mol. The van der Waals surface area contributed by atoms with E-state index < -0.39 is 10.0 Å². The van der Waals surface area contributed by atoms with Gasteiger partial charge in [0.05, 0.1) is 11.0 Å². The van der Waals surface area contributed by atoms with Crippen LogP contribution in [0.25, 0.3) is 0 Å². The van der Waals surface area contributed by atoms with Crippen LogP contribution in [0.4, 0.5) is 0 Å². The second kappa shape index (κ2) is 5.88. The highest BCUT2D eigenvalue weighted by molar-refractivity contribution is 7.89. The van der Waals surface area contributed by atoms with Crippen LogP contribution in [-0.4, -0.2) is 27.7 Å². The third-order valence-corrected chi connectivity index (χ3v) is 6.30. The zero-order valence-electron chi connectivity index (χ0n) is 11.2. The summed E-state index contributed by atoms with van der Waals surface area (Å²) < 4.78 is 32.7. The Labute approximate surface area is 118 Å². The molecule has 1 aromatic rings. The van der Waals surface area contributed by atoms with Crippen LogP contribution in [0.1, 0.15) is 29.0 Å². The fourth-order valence-electron chi connectivity index (χ4n) is 2.44. The second-order valence-electron chi connectivity index (χ2n) is 4.83. The zero-order valence-corrected chi connectivity index (χ0v) is 12.8. The minimum atomic E-state index is -3.45. The van der Waals surface area contributed by atoms with Gasteiger partial charge in [0.25, 0.3) is 0 Å². The number of thiophene rings is 1. The second-order valence-corrected chi connectivity index (χ2v) is 7.85. The van der Waals surface area contributed by atoms with E-state index in [1.54, 1.807) is 13.2 Å². The first-order valence-corrected chi connectivity index (χ1v) is 8.60. The number of ether oxygens (including phenoxy) is 1. The van der Waals surface area contributed by atoms with Crippen molar-refractivity contribution >= 4 is 21.4 Å². The highest BCUT2D eigenvalue weighted by Gasteiger charge is 2.29. The Kier molecular flexibility index (Phi) is 4.62. The van der Waals surface area contributed by atoms with E-state index in [4.69, 9.17) is 10.5 Å². The van der Waals surface area contributed by atoms with Gasteiger partial charge in [0.15, 0.2) is 0 Å². The van der Waals surface area contributed by atoms with E-state index in [2.05, 4.69) is 4.72 Å². The normalized spacial score (nSPS) is 23.9. The molecule has 0 aliphatic heterocycles. The smallest absolute Gasteiger partial charge is 0.241 e. The summed E-state index contributed by atoms with van der Waals surface area (Å²) in [5, 5.41) is 0. The summed E-state index contributed by atoms with van der Waals surface area (Å²) in [6, 6.07) is 1.64. The van der Waals surface area contributed by atoms with Crippen LogP contribution in [0.2, 0.25) is 0 Å². The van der Waals surface area contributed by atoms with Crippen LogP contribution >= 0.6 is 11.3 Å². The van der Waals surface area contributed by atoms with E-state index in [0.717, 1.165) is 29.0 Å². The lowest BCUT2D eigenvalue weighted by atomic mass is 10.3. The van der Waals surface area contributed by atoms with Gasteiger partial charge in [-0.1, -0.05) is 0 Å². The molecule has 0 bridgehead atoms. The molecule has 0 saturated heterocycles. The Balaban J connectivity index is 2.12. The van der Waals surface area contributed by atoms with E-state index in [-0.39, 0.29) is 12.1 Å². The maximum atomic E-state index is 12.3. The van der Waals surface area contributed by atoms with Crippen LogP contribution < -0.4 is 10.5 Å². The monoisotopic (exact) mass is 304 g/mol. The van der Waals surface area contributed by atoms with Crippen molar-refractivity contribution in [2.45, 2.75) is 49.8 Å². The van der Waals surface area contributed by atoms with Crippen molar-refractivity contribution in [2.24, 2.45) is 5.73 Å². The quantitative estimate of drug-likeness (QED) is 0.860. The van der Waals surface area contributed by atoms with E-state index in [9.17, 15) is 8.42 Å². The zero-order chi connectivity index (χ0) is 14.0. The molecule has 0 spiro atoms. The van der Waals surface area contributed by atoms with Gasteiger partial charge in [-0.2, -0.15) is 0 Å². The van der Waals surface area contributed by atoms with Crippen LogP contribution in [0.3, 0.4) is 0 Å². The van der Waals surface area contributed by atoms with E-state index in [1.807, 2.05) is 6.92 Å². The first kappa shape index (κ1) is 14.9. The standard InChI is InChI=1S/C12H20N2O3S2/c1-8-12(6-11(7-13)18-8)19(15,16)14-9-3-4-10(5-9)17-2/h6,9-10,14H,3-5,7,13H2,1-2H3. The number of sulfonamides is 1. The molecule has 108 valence electrons. The molecular formula is C12H20N2O3S2. The number of methoxy groups -OCH3 is 1. The van der Waals surface area contributed by atoms with Crippen molar-refractivity contribution in [3.05, 3.63) is 15.8 Å². The van der Waals surface area contributed by atoms with Crippen molar-refractivity contribution in [2.75, 3.05) is 7.11 Å². The molecular weight excluding hydrogens is 284 g/mol. The molecule has 0 radical (unpaired) electrons. The van der Waals surface area contributed by atoms with Crippen molar-refractivity contribution in [1.29, 1.82) is 0 Å². The molecule has 5 nitrogen and oxygen atoms in total. The first-order chi connectivity index (χ1) is 8.96. The van der Waals surface area contributed by atoms with Gasteiger partial charge in [-0.15, -0.1) is 11.3 Å². The fourth-order valence-corrected chi connectivity index (χ4v) is 5.23. The number of hydrogen-bond donors (Lipinski definition) is 2. The molecule has 19 heavy (non-hydrogen) atoms. The minimum absolute atomic E-state index is 0.0319. The summed E-state index contributed by atoms with van der Waals surface area (Å²) in [5.41, 5.74) is 5.55. The van der Waals surface area contributed by atoms with Crippen molar-refractivity contribution in [1.82, 2.24) is 4.72 Å². The number of hydrogen-bond acceptors (Lipinski definition) is 5. The number of rotatable bonds is 5. The molecule has 0 aromatic carbocycles. The highest BCUT2D eigenvalue weighted by atomic mass is 32.2. The van der Waals surface area contributed by atoms with Gasteiger partial charge in [-0.05, 0) is 32.3 Å². The lowest BCUT2D eigenvalue weighted by Crippen LogP contribution is -2.33. The molecule has 1 aromatic heterocycles. The van der Waals surface area contributed by atoms with Gasteiger partial charge < -0.3 is 10.5 Å². The Hall–Kier alpha value is -0.470. The van der Waals surface area contributed by atoms with Crippen molar-refractivity contribution in [3.63, 3.8) is 0 Å².